The molecule has 0 saturated heterocycles. The second-order valence-corrected chi connectivity index (χ2v) is 7.66. The summed E-state index contributed by atoms with van der Waals surface area (Å²) in [6, 6.07) is 10.1. The van der Waals surface area contributed by atoms with Gasteiger partial charge in [0, 0.05) is 6.54 Å². The third-order valence-corrected chi connectivity index (χ3v) is 5.45. The number of aromatic amines is 1. The van der Waals surface area contributed by atoms with Crippen LogP contribution < -0.4 is 5.32 Å². The SMILES string of the molecule is O=C(Cc1ccc2nc[nH]c2c1)NCCS(=O)(=O)c1ccc(F)cc1. The molecule has 130 valence electrons. The Morgan fingerprint density at radius 1 is 1.16 bits per heavy atom. The Hall–Kier alpha value is -2.74. The molecule has 1 aromatic heterocycles. The highest BCUT2D eigenvalue weighted by Crippen LogP contribution is 2.13. The second-order valence-electron chi connectivity index (χ2n) is 5.55. The van der Waals surface area contributed by atoms with Crippen LogP contribution in [-0.2, 0) is 21.1 Å². The maximum absolute atomic E-state index is 12.9. The molecule has 3 rings (SSSR count). The first-order valence-corrected chi connectivity index (χ1v) is 9.26. The predicted octanol–water partition coefficient (Wildman–Crippen LogP) is 1.83. The fourth-order valence-corrected chi connectivity index (χ4v) is 3.58. The molecule has 0 aliphatic heterocycles. The van der Waals surface area contributed by atoms with Crippen LogP contribution in [0.15, 0.2) is 53.7 Å². The molecule has 0 aliphatic carbocycles. The lowest BCUT2D eigenvalue weighted by Gasteiger charge is -2.07. The van der Waals surface area contributed by atoms with Gasteiger partial charge in [0.15, 0.2) is 9.84 Å². The molecule has 3 aromatic rings. The molecule has 6 nitrogen and oxygen atoms in total. The molecule has 0 saturated carbocycles. The van der Waals surface area contributed by atoms with Crippen LogP contribution in [0.25, 0.3) is 11.0 Å². The minimum Gasteiger partial charge on any atom is -0.355 e. The summed E-state index contributed by atoms with van der Waals surface area (Å²) in [5.41, 5.74) is 2.45. The minimum absolute atomic E-state index is 0.00908. The molecule has 2 N–H and O–H groups in total. The first-order chi connectivity index (χ1) is 11.9. The van der Waals surface area contributed by atoms with Crippen LogP contribution in [0.4, 0.5) is 4.39 Å². The average Bonchev–Trinajstić information content (AvgIpc) is 3.02. The van der Waals surface area contributed by atoms with Crippen LogP contribution in [0.3, 0.4) is 0 Å². The number of amides is 1. The van der Waals surface area contributed by atoms with E-state index in [1.54, 1.807) is 12.4 Å². The molecule has 8 heteroatoms. The molecule has 0 atom stereocenters. The van der Waals surface area contributed by atoms with Crippen LogP contribution in [-0.4, -0.2) is 36.6 Å². The van der Waals surface area contributed by atoms with E-state index in [1.807, 2.05) is 12.1 Å². The molecular weight excluding hydrogens is 345 g/mol. The Morgan fingerprint density at radius 2 is 1.92 bits per heavy atom. The topological polar surface area (TPSA) is 91.9 Å². The standard InChI is InChI=1S/C17H16FN3O3S/c18-13-2-4-14(5-3-13)25(23,24)8-7-19-17(22)10-12-1-6-15-16(9-12)21-11-20-15/h1-6,9,11H,7-8,10H2,(H,19,22)(H,20,21). The number of sulfone groups is 1. The van der Waals surface area contributed by atoms with Gasteiger partial charge in [-0.2, -0.15) is 0 Å². The monoisotopic (exact) mass is 361 g/mol. The molecule has 0 bridgehead atoms. The zero-order valence-corrected chi connectivity index (χ0v) is 14.0. The highest BCUT2D eigenvalue weighted by molar-refractivity contribution is 7.91. The van der Waals surface area contributed by atoms with Crippen molar-refractivity contribution >= 4 is 26.8 Å². The van der Waals surface area contributed by atoms with Crippen LogP contribution >= 0.6 is 0 Å². The van der Waals surface area contributed by atoms with Crippen molar-refractivity contribution in [1.29, 1.82) is 0 Å². The Kier molecular flexibility index (Phi) is 4.80. The number of carbonyl (C=O) groups excluding carboxylic acids is 1. The van der Waals surface area contributed by atoms with E-state index < -0.39 is 15.7 Å². The molecule has 0 radical (unpaired) electrons. The van der Waals surface area contributed by atoms with Gasteiger partial charge < -0.3 is 10.3 Å². The van der Waals surface area contributed by atoms with E-state index in [-0.39, 0.29) is 29.5 Å². The van der Waals surface area contributed by atoms with Crippen molar-refractivity contribution < 1.29 is 17.6 Å². The Labute approximate surface area is 144 Å². The summed E-state index contributed by atoms with van der Waals surface area (Å²) in [5.74, 6) is -1.01. The maximum Gasteiger partial charge on any atom is 0.224 e. The van der Waals surface area contributed by atoms with Crippen LogP contribution in [0.1, 0.15) is 5.56 Å². The fraction of sp³-hybridized carbons (Fsp3) is 0.176. The van der Waals surface area contributed by atoms with Gasteiger partial charge >= 0.3 is 0 Å². The third-order valence-electron chi connectivity index (χ3n) is 3.72. The van der Waals surface area contributed by atoms with E-state index in [1.165, 1.54) is 12.1 Å². The lowest BCUT2D eigenvalue weighted by molar-refractivity contribution is -0.120. The van der Waals surface area contributed by atoms with Gasteiger partial charge in [0.1, 0.15) is 5.82 Å². The van der Waals surface area contributed by atoms with Gasteiger partial charge in [-0.05, 0) is 42.0 Å². The first-order valence-electron chi connectivity index (χ1n) is 7.61. The number of hydrogen-bond acceptors (Lipinski definition) is 4. The number of H-pyrrole nitrogens is 1. The number of fused-ring (bicyclic) bond motifs is 1. The Balaban J connectivity index is 1.54. The van der Waals surface area contributed by atoms with Crippen molar-refractivity contribution in [3.63, 3.8) is 0 Å². The summed E-state index contributed by atoms with van der Waals surface area (Å²) >= 11 is 0. The summed E-state index contributed by atoms with van der Waals surface area (Å²) < 4.78 is 37.1. The Morgan fingerprint density at radius 3 is 2.68 bits per heavy atom. The number of nitrogens with one attached hydrogen (secondary N) is 2. The fourth-order valence-electron chi connectivity index (χ4n) is 2.43. The molecular formula is C17H16FN3O3S. The lowest BCUT2D eigenvalue weighted by Crippen LogP contribution is -2.30. The summed E-state index contributed by atoms with van der Waals surface area (Å²) in [6.45, 7) is -0.00908. The van der Waals surface area contributed by atoms with E-state index in [2.05, 4.69) is 15.3 Å². The molecule has 0 unspecified atom stereocenters. The van der Waals surface area contributed by atoms with E-state index in [4.69, 9.17) is 0 Å². The predicted molar refractivity (Wildman–Crippen MR) is 91.3 cm³/mol. The van der Waals surface area contributed by atoms with Crippen molar-refractivity contribution in [3.05, 3.63) is 60.2 Å². The smallest absolute Gasteiger partial charge is 0.224 e. The summed E-state index contributed by atoms with van der Waals surface area (Å²) in [4.78, 5) is 19.1. The largest absolute Gasteiger partial charge is 0.355 e. The third kappa shape index (κ3) is 4.21. The van der Waals surface area contributed by atoms with Gasteiger partial charge in [-0.1, -0.05) is 6.07 Å². The molecule has 2 aromatic carbocycles. The first kappa shape index (κ1) is 17.1. The quantitative estimate of drug-likeness (QED) is 0.655. The van der Waals surface area contributed by atoms with Gasteiger partial charge in [-0.3, -0.25) is 4.79 Å². The van der Waals surface area contributed by atoms with Crippen LogP contribution in [0, 0.1) is 5.82 Å². The molecule has 0 fully saturated rings. The number of imidazole rings is 1. The molecule has 0 aliphatic rings. The number of benzene rings is 2. The van der Waals surface area contributed by atoms with E-state index in [0.717, 1.165) is 28.7 Å². The van der Waals surface area contributed by atoms with Crippen molar-refractivity contribution in [2.45, 2.75) is 11.3 Å². The van der Waals surface area contributed by atoms with Crippen molar-refractivity contribution in [2.75, 3.05) is 12.3 Å². The van der Waals surface area contributed by atoms with Gasteiger partial charge in [0.25, 0.3) is 0 Å². The Bertz CT molecular complexity index is 997. The number of hydrogen-bond donors (Lipinski definition) is 2. The molecule has 25 heavy (non-hydrogen) atoms. The molecule has 1 amide bonds. The normalized spacial score (nSPS) is 11.6. The van der Waals surface area contributed by atoms with E-state index >= 15 is 0 Å². The van der Waals surface area contributed by atoms with Gasteiger partial charge in [-0.25, -0.2) is 17.8 Å². The van der Waals surface area contributed by atoms with Crippen molar-refractivity contribution in [3.8, 4) is 0 Å². The molecule has 0 spiro atoms. The van der Waals surface area contributed by atoms with Gasteiger partial charge in [0.05, 0.1) is 34.4 Å². The van der Waals surface area contributed by atoms with E-state index in [9.17, 15) is 17.6 Å². The summed E-state index contributed by atoms with van der Waals surface area (Å²) in [6.07, 6.45) is 1.72. The van der Waals surface area contributed by atoms with Gasteiger partial charge in [-0.15, -0.1) is 0 Å². The van der Waals surface area contributed by atoms with Crippen molar-refractivity contribution in [2.24, 2.45) is 0 Å². The highest BCUT2D eigenvalue weighted by Gasteiger charge is 2.15. The highest BCUT2D eigenvalue weighted by atomic mass is 32.2. The van der Waals surface area contributed by atoms with Crippen molar-refractivity contribution in [1.82, 2.24) is 15.3 Å². The summed E-state index contributed by atoms with van der Waals surface area (Å²) in [5, 5.41) is 2.59. The number of nitrogens with zero attached hydrogens (tertiary/aromatic N) is 1. The summed E-state index contributed by atoms with van der Waals surface area (Å²) in [7, 11) is -3.56. The van der Waals surface area contributed by atoms with Gasteiger partial charge in [0.2, 0.25) is 5.91 Å². The zero-order valence-electron chi connectivity index (χ0n) is 13.2. The maximum atomic E-state index is 12.9. The number of aromatic nitrogens is 2. The number of halogens is 1. The van der Waals surface area contributed by atoms with Crippen LogP contribution in [0.5, 0.6) is 0 Å². The lowest BCUT2D eigenvalue weighted by atomic mass is 10.1. The zero-order chi connectivity index (χ0) is 17.9. The van der Waals surface area contributed by atoms with E-state index in [0.29, 0.717) is 0 Å². The average molecular weight is 361 g/mol. The number of rotatable bonds is 6. The molecule has 1 heterocycles. The number of carbonyl (C=O) groups is 1. The van der Waals surface area contributed by atoms with Crippen LogP contribution in [0.2, 0.25) is 0 Å². The minimum atomic E-state index is -3.56. The second kappa shape index (κ2) is 7.02.